The molecular formula is C13H12ClN3O2S. The van der Waals surface area contributed by atoms with Crippen molar-refractivity contribution in [2.45, 2.75) is 18.9 Å². The number of anilines is 1. The van der Waals surface area contributed by atoms with Crippen molar-refractivity contribution in [2.24, 2.45) is 0 Å². The monoisotopic (exact) mass is 309 g/mol. The number of benzene rings is 1. The lowest BCUT2D eigenvalue weighted by atomic mass is 10.2. The van der Waals surface area contributed by atoms with Gasteiger partial charge in [-0.25, -0.2) is 0 Å². The lowest BCUT2D eigenvalue weighted by Crippen LogP contribution is -2.12. The summed E-state index contributed by atoms with van der Waals surface area (Å²) in [6.07, 6.45) is 2.00. The summed E-state index contributed by atoms with van der Waals surface area (Å²) in [4.78, 5) is 12.1. The van der Waals surface area contributed by atoms with Crippen LogP contribution < -0.4 is 5.32 Å². The first kappa shape index (κ1) is 13.5. The number of carbonyl (C=O) groups excluding carboxylic acids is 1. The molecule has 20 heavy (non-hydrogen) atoms. The maximum atomic E-state index is 12.1. The van der Waals surface area contributed by atoms with Gasteiger partial charge >= 0.3 is 0 Å². The molecule has 1 fully saturated rings. The molecule has 1 aromatic carbocycles. The van der Waals surface area contributed by atoms with Crippen molar-refractivity contribution >= 4 is 34.0 Å². The van der Waals surface area contributed by atoms with Crippen molar-refractivity contribution < 1.29 is 9.53 Å². The van der Waals surface area contributed by atoms with E-state index in [1.165, 1.54) is 11.3 Å². The van der Waals surface area contributed by atoms with E-state index in [1.807, 2.05) is 0 Å². The molecule has 0 bridgehead atoms. The first-order valence-corrected chi connectivity index (χ1v) is 7.44. The molecule has 2 heterocycles. The van der Waals surface area contributed by atoms with E-state index in [1.54, 1.807) is 24.3 Å². The number of ether oxygens (including phenoxy) is 1. The van der Waals surface area contributed by atoms with Crippen LogP contribution in [0, 0.1) is 0 Å². The molecule has 0 saturated carbocycles. The lowest BCUT2D eigenvalue weighted by molar-refractivity contribution is 0.102. The molecule has 0 aliphatic carbocycles. The molecular weight excluding hydrogens is 298 g/mol. The Morgan fingerprint density at radius 2 is 2.25 bits per heavy atom. The highest BCUT2D eigenvalue weighted by Gasteiger charge is 2.22. The van der Waals surface area contributed by atoms with Crippen molar-refractivity contribution in [2.75, 3.05) is 11.9 Å². The molecule has 1 unspecified atom stereocenters. The van der Waals surface area contributed by atoms with Gasteiger partial charge < -0.3 is 4.74 Å². The van der Waals surface area contributed by atoms with Crippen LogP contribution >= 0.6 is 22.9 Å². The van der Waals surface area contributed by atoms with Gasteiger partial charge in [-0.1, -0.05) is 35.1 Å². The van der Waals surface area contributed by atoms with Crippen molar-refractivity contribution in [1.29, 1.82) is 0 Å². The van der Waals surface area contributed by atoms with Gasteiger partial charge in [0.15, 0.2) is 0 Å². The number of carbonyl (C=O) groups is 1. The Bertz CT molecular complexity index is 626. The van der Waals surface area contributed by atoms with Gasteiger partial charge in [-0.3, -0.25) is 10.1 Å². The second-order valence-corrected chi connectivity index (χ2v) is 5.80. The summed E-state index contributed by atoms with van der Waals surface area (Å²) in [5, 5.41) is 12.4. The molecule has 0 radical (unpaired) electrons. The van der Waals surface area contributed by atoms with Crippen LogP contribution in [0.2, 0.25) is 5.02 Å². The molecule has 2 aromatic rings. The van der Waals surface area contributed by atoms with Gasteiger partial charge in [0.25, 0.3) is 5.91 Å². The van der Waals surface area contributed by atoms with E-state index in [0.717, 1.165) is 24.5 Å². The number of nitrogens with one attached hydrogen (secondary N) is 1. The molecule has 1 N–H and O–H groups in total. The number of amides is 1. The zero-order valence-corrected chi connectivity index (χ0v) is 12.1. The molecule has 5 nitrogen and oxygen atoms in total. The number of nitrogens with zero attached hydrogens (tertiary/aromatic N) is 2. The lowest BCUT2D eigenvalue weighted by Gasteiger charge is -2.03. The third kappa shape index (κ3) is 2.82. The van der Waals surface area contributed by atoms with Gasteiger partial charge in [0.2, 0.25) is 5.13 Å². The maximum absolute atomic E-state index is 12.1. The van der Waals surface area contributed by atoms with E-state index in [9.17, 15) is 4.79 Å². The summed E-state index contributed by atoms with van der Waals surface area (Å²) < 4.78 is 5.54. The van der Waals surface area contributed by atoms with E-state index in [-0.39, 0.29) is 12.0 Å². The second kappa shape index (κ2) is 5.87. The quantitative estimate of drug-likeness (QED) is 0.945. The fourth-order valence-corrected chi connectivity index (χ4v) is 3.04. The van der Waals surface area contributed by atoms with Gasteiger partial charge in [0.1, 0.15) is 11.1 Å². The van der Waals surface area contributed by atoms with Crippen molar-refractivity contribution in [1.82, 2.24) is 10.2 Å². The van der Waals surface area contributed by atoms with Crippen LogP contribution in [-0.2, 0) is 4.74 Å². The molecule has 1 amide bonds. The highest BCUT2D eigenvalue weighted by molar-refractivity contribution is 7.15. The standard InChI is InChI=1S/C13H12ClN3O2S/c14-9-5-2-1-4-8(9)11(18)15-13-17-16-12(20-13)10-6-3-7-19-10/h1-2,4-5,10H,3,6-7H2,(H,15,17,18). The topological polar surface area (TPSA) is 64.1 Å². The minimum Gasteiger partial charge on any atom is -0.371 e. The predicted octanol–water partition coefficient (Wildman–Crippen LogP) is 3.30. The molecule has 1 aromatic heterocycles. The van der Waals surface area contributed by atoms with Gasteiger partial charge in [-0.2, -0.15) is 0 Å². The average molecular weight is 310 g/mol. The third-order valence-corrected chi connectivity index (χ3v) is 4.25. The summed E-state index contributed by atoms with van der Waals surface area (Å²) in [6, 6.07) is 6.88. The Morgan fingerprint density at radius 1 is 1.40 bits per heavy atom. The van der Waals surface area contributed by atoms with Crippen LogP contribution in [0.5, 0.6) is 0 Å². The summed E-state index contributed by atoms with van der Waals surface area (Å²) >= 11 is 7.32. The van der Waals surface area contributed by atoms with Crippen LogP contribution in [0.1, 0.15) is 34.3 Å². The van der Waals surface area contributed by atoms with Crippen molar-refractivity contribution in [3.05, 3.63) is 39.9 Å². The minimum atomic E-state index is -0.286. The molecule has 104 valence electrons. The summed E-state index contributed by atoms with van der Waals surface area (Å²) in [5.74, 6) is -0.286. The smallest absolute Gasteiger partial charge is 0.259 e. The van der Waals surface area contributed by atoms with Crippen LogP contribution in [0.4, 0.5) is 5.13 Å². The molecule has 0 spiro atoms. The summed E-state index contributed by atoms with van der Waals surface area (Å²) in [5.41, 5.74) is 0.419. The highest BCUT2D eigenvalue weighted by atomic mass is 35.5. The van der Waals surface area contributed by atoms with E-state index in [4.69, 9.17) is 16.3 Å². The zero-order valence-electron chi connectivity index (χ0n) is 10.5. The van der Waals surface area contributed by atoms with Gasteiger partial charge in [0.05, 0.1) is 10.6 Å². The molecule has 1 aliphatic rings. The number of aromatic nitrogens is 2. The van der Waals surface area contributed by atoms with Gasteiger partial charge in [-0.15, -0.1) is 10.2 Å². The molecule has 1 atom stereocenters. The normalized spacial score (nSPS) is 18.1. The maximum Gasteiger partial charge on any atom is 0.259 e. The number of hydrogen-bond acceptors (Lipinski definition) is 5. The SMILES string of the molecule is O=C(Nc1nnc(C2CCCO2)s1)c1ccccc1Cl. The first-order chi connectivity index (χ1) is 9.74. The Kier molecular flexibility index (Phi) is 3.95. The van der Waals surface area contributed by atoms with E-state index < -0.39 is 0 Å². The van der Waals surface area contributed by atoms with Gasteiger partial charge in [0, 0.05) is 6.61 Å². The van der Waals surface area contributed by atoms with Crippen molar-refractivity contribution in [3.8, 4) is 0 Å². The van der Waals surface area contributed by atoms with Crippen LogP contribution in [-0.4, -0.2) is 22.7 Å². The first-order valence-electron chi connectivity index (χ1n) is 6.25. The Balaban J connectivity index is 1.72. The number of rotatable bonds is 3. The van der Waals surface area contributed by atoms with Gasteiger partial charge in [-0.05, 0) is 25.0 Å². The molecule has 1 saturated heterocycles. The second-order valence-electron chi connectivity index (χ2n) is 4.38. The van der Waals surface area contributed by atoms with Crippen molar-refractivity contribution in [3.63, 3.8) is 0 Å². The molecule has 1 aliphatic heterocycles. The predicted molar refractivity (Wildman–Crippen MR) is 77.2 cm³/mol. The fourth-order valence-electron chi connectivity index (χ4n) is 2.00. The molecule has 7 heteroatoms. The Hall–Kier alpha value is -1.50. The van der Waals surface area contributed by atoms with E-state index in [2.05, 4.69) is 15.5 Å². The Morgan fingerprint density at radius 3 is 3.00 bits per heavy atom. The molecule has 3 rings (SSSR count). The summed E-state index contributed by atoms with van der Waals surface area (Å²) in [6.45, 7) is 0.756. The van der Waals surface area contributed by atoms with E-state index >= 15 is 0 Å². The van der Waals surface area contributed by atoms with Crippen LogP contribution in [0.3, 0.4) is 0 Å². The minimum absolute atomic E-state index is 0.0125. The summed E-state index contributed by atoms with van der Waals surface area (Å²) in [7, 11) is 0. The zero-order chi connectivity index (χ0) is 13.9. The number of halogens is 1. The highest BCUT2D eigenvalue weighted by Crippen LogP contribution is 2.32. The largest absolute Gasteiger partial charge is 0.371 e. The van der Waals surface area contributed by atoms with Crippen LogP contribution in [0.25, 0.3) is 0 Å². The number of hydrogen-bond donors (Lipinski definition) is 1. The third-order valence-electron chi connectivity index (χ3n) is 2.98. The van der Waals surface area contributed by atoms with E-state index in [0.29, 0.717) is 15.7 Å². The Labute approximate surface area is 124 Å². The van der Waals surface area contributed by atoms with Crippen LogP contribution in [0.15, 0.2) is 24.3 Å². The fraction of sp³-hybridized carbons (Fsp3) is 0.308. The average Bonchev–Trinajstić information content (AvgIpc) is 3.09.